The van der Waals surface area contributed by atoms with Crippen molar-refractivity contribution < 1.29 is 17.2 Å². The van der Waals surface area contributed by atoms with Gasteiger partial charge in [0.2, 0.25) is 0 Å². The molecule has 4 heterocycles. The Morgan fingerprint density at radius 3 is 2.69 bits per heavy atom. The van der Waals surface area contributed by atoms with Gasteiger partial charge in [-0.1, -0.05) is 0 Å². The molecule has 0 spiro atoms. The van der Waals surface area contributed by atoms with E-state index in [4.69, 9.17) is 0 Å². The number of amides is 2. The molecule has 2 amide bonds. The van der Waals surface area contributed by atoms with E-state index < -0.39 is 38.2 Å². The SMILES string of the molecule is CC(=O)c1nn(CC(=O)N2CI(F)C[C@H]2C(=O)Nc2cccc(Br)n2)c2ccc(-c3cnc(C)nc3C)cc12. The number of benzene rings is 1. The van der Waals surface area contributed by atoms with Crippen LogP contribution < -0.4 is 5.32 Å². The van der Waals surface area contributed by atoms with Crippen molar-refractivity contribution in [3.8, 4) is 11.1 Å². The number of aromatic nitrogens is 5. The average Bonchev–Trinajstić information content (AvgIpc) is 3.44. The van der Waals surface area contributed by atoms with Gasteiger partial charge in [0.1, 0.15) is 5.82 Å². The number of rotatable bonds is 6. The molecule has 1 fully saturated rings. The number of hydrogen-bond donors (Lipinski definition) is 1. The molecule has 0 unspecified atom stereocenters. The van der Waals surface area contributed by atoms with E-state index in [0.717, 1.165) is 16.8 Å². The molecule has 0 radical (unpaired) electrons. The molecule has 0 aliphatic carbocycles. The minimum absolute atomic E-state index is 0.0371. The summed E-state index contributed by atoms with van der Waals surface area (Å²) in [6, 6.07) is 9.60. The molecule has 39 heavy (non-hydrogen) atoms. The topological polar surface area (TPSA) is 123 Å². The van der Waals surface area contributed by atoms with Crippen molar-refractivity contribution in [3.63, 3.8) is 0 Å². The molecule has 1 aliphatic heterocycles. The summed E-state index contributed by atoms with van der Waals surface area (Å²) < 4.78 is 16.6. The standard InChI is InChI=1S/C26H24BrFIN7O3/c1-14-19(11-30-16(3)31-14)17-7-8-20-18(9-17)25(15(2)37)34-36(20)12-24(38)35-13-29(28)10-21(35)26(39)33-23-6-4-5-22(27)32-23/h4-9,11,21H,10,12-13H2,1-3H3,(H,32,33,39)/t21-/m0/s1. The van der Waals surface area contributed by atoms with Crippen LogP contribution in [0.15, 0.2) is 47.2 Å². The van der Waals surface area contributed by atoms with Crippen LogP contribution in [0.25, 0.3) is 22.0 Å². The predicted molar refractivity (Wildman–Crippen MR) is 156 cm³/mol. The van der Waals surface area contributed by atoms with E-state index in [-0.39, 0.29) is 27.0 Å². The number of nitrogens with zero attached hydrogens (tertiary/aromatic N) is 6. The molecule has 1 aromatic carbocycles. The fourth-order valence-electron chi connectivity index (χ4n) is 4.47. The third-order valence-corrected chi connectivity index (χ3v) is 10.0. The maximum absolute atomic E-state index is 14.6. The molecule has 0 bridgehead atoms. The Morgan fingerprint density at radius 2 is 1.97 bits per heavy atom. The summed E-state index contributed by atoms with van der Waals surface area (Å²) in [4.78, 5) is 53.0. The summed E-state index contributed by atoms with van der Waals surface area (Å²) in [6.07, 6.45) is 1.74. The van der Waals surface area contributed by atoms with Gasteiger partial charge in [-0.3, -0.25) is 0 Å². The third kappa shape index (κ3) is 5.69. The summed E-state index contributed by atoms with van der Waals surface area (Å²) >= 11 is 0.273. The number of pyridine rings is 1. The van der Waals surface area contributed by atoms with Crippen LogP contribution in [0.4, 0.5) is 8.68 Å². The van der Waals surface area contributed by atoms with Crippen molar-refractivity contribution in [2.75, 3.05) is 14.3 Å². The van der Waals surface area contributed by atoms with Crippen LogP contribution in [0.2, 0.25) is 0 Å². The Hall–Kier alpha value is -3.33. The Labute approximate surface area is 239 Å². The van der Waals surface area contributed by atoms with E-state index in [9.17, 15) is 17.2 Å². The number of carbonyl (C=O) groups excluding carboxylic acids is 3. The average molecular weight is 708 g/mol. The fourth-order valence-corrected chi connectivity index (χ4v) is 8.52. The van der Waals surface area contributed by atoms with E-state index in [1.807, 2.05) is 26.0 Å². The van der Waals surface area contributed by atoms with Crippen LogP contribution in [0, 0.1) is 13.8 Å². The minimum atomic E-state index is -2.98. The number of hydrogen-bond acceptors (Lipinski definition) is 7. The van der Waals surface area contributed by atoms with Crippen LogP contribution in [0.1, 0.15) is 28.9 Å². The number of alkyl halides is 2. The normalized spacial score (nSPS) is 16.1. The number of ketones is 1. The molecule has 10 nitrogen and oxygen atoms in total. The first-order valence-electron chi connectivity index (χ1n) is 11.9. The second-order valence-corrected chi connectivity index (χ2v) is 13.7. The molecule has 13 heteroatoms. The fraction of sp³-hybridized carbons (Fsp3) is 0.269. The van der Waals surface area contributed by atoms with E-state index in [1.165, 1.54) is 16.5 Å². The summed E-state index contributed by atoms with van der Waals surface area (Å²) in [7, 11) is 0. The van der Waals surface area contributed by atoms with Gasteiger partial charge in [-0.05, 0) is 6.92 Å². The van der Waals surface area contributed by atoms with Crippen molar-refractivity contribution >= 4 is 70.6 Å². The molecule has 0 saturated carbocycles. The Morgan fingerprint density at radius 1 is 1.18 bits per heavy atom. The molecule has 3 aromatic heterocycles. The zero-order valence-electron chi connectivity index (χ0n) is 21.3. The van der Waals surface area contributed by atoms with Gasteiger partial charge in [-0.15, -0.1) is 0 Å². The molecule has 1 aliphatic rings. The van der Waals surface area contributed by atoms with Crippen LogP contribution in [-0.4, -0.2) is 62.3 Å². The van der Waals surface area contributed by atoms with Gasteiger partial charge in [0.05, 0.1) is 0 Å². The number of Topliss-reactive ketones (excluding diaryl/α,β-unsaturated/α-hetero) is 1. The van der Waals surface area contributed by atoms with Gasteiger partial charge in [0.15, 0.2) is 0 Å². The van der Waals surface area contributed by atoms with Crippen LogP contribution >= 0.6 is 36.3 Å². The van der Waals surface area contributed by atoms with Crippen molar-refractivity contribution in [2.24, 2.45) is 0 Å². The number of halogens is 3. The second-order valence-electron chi connectivity index (χ2n) is 9.09. The molecule has 1 N–H and O–H groups in total. The number of nitrogens with one attached hydrogen (secondary N) is 1. The number of anilines is 1. The van der Waals surface area contributed by atoms with Gasteiger partial charge in [-0.2, -0.15) is 0 Å². The van der Waals surface area contributed by atoms with Gasteiger partial charge >= 0.3 is 228 Å². The maximum atomic E-state index is 14.6. The Kier molecular flexibility index (Phi) is 7.71. The monoisotopic (exact) mass is 707 g/mol. The molecule has 202 valence electrons. The predicted octanol–water partition coefficient (Wildman–Crippen LogP) is 4.67. The van der Waals surface area contributed by atoms with Gasteiger partial charge in [-0.25, -0.2) is 0 Å². The molecule has 4 aromatic rings. The van der Waals surface area contributed by atoms with E-state index in [2.05, 4.69) is 41.3 Å². The van der Waals surface area contributed by atoms with Gasteiger partial charge < -0.3 is 0 Å². The Bertz CT molecular complexity index is 1630. The molecule has 1 atom stereocenters. The van der Waals surface area contributed by atoms with E-state index in [0.29, 0.717) is 27.1 Å². The van der Waals surface area contributed by atoms with Gasteiger partial charge in [0.25, 0.3) is 0 Å². The van der Waals surface area contributed by atoms with Crippen LogP contribution in [0.5, 0.6) is 0 Å². The zero-order chi connectivity index (χ0) is 27.8. The first-order chi connectivity index (χ1) is 18.6. The first-order valence-corrected chi connectivity index (χ1v) is 16.6. The molecular weight excluding hydrogens is 684 g/mol. The number of carbonyl (C=O) groups is 3. The van der Waals surface area contributed by atoms with Crippen LogP contribution in [0.3, 0.4) is 0 Å². The van der Waals surface area contributed by atoms with Crippen molar-refractivity contribution in [1.82, 2.24) is 29.6 Å². The quantitative estimate of drug-likeness (QED) is 0.102. The molecule has 1 saturated heterocycles. The zero-order valence-corrected chi connectivity index (χ0v) is 25.0. The summed E-state index contributed by atoms with van der Waals surface area (Å²) in [5.74, 6) is -0.212. The van der Waals surface area contributed by atoms with Gasteiger partial charge in [0, 0.05) is 0 Å². The summed E-state index contributed by atoms with van der Waals surface area (Å²) in [5.41, 5.74) is 3.25. The van der Waals surface area contributed by atoms with Crippen molar-refractivity contribution in [1.29, 1.82) is 0 Å². The molecule has 5 rings (SSSR count). The van der Waals surface area contributed by atoms with Crippen molar-refractivity contribution in [2.45, 2.75) is 33.4 Å². The second kappa shape index (κ2) is 11.0. The summed E-state index contributed by atoms with van der Waals surface area (Å²) in [6.45, 7) is 4.88. The first kappa shape index (κ1) is 27.2. The van der Waals surface area contributed by atoms with E-state index >= 15 is 0 Å². The van der Waals surface area contributed by atoms with Crippen LogP contribution in [-0.2, 0) is 16.1 Å². The number of fused-ring (bicyclic) bond motifs is 1. The third-order valence-electron chi connectivity index (χ3n) is 6.32. The van der Waals surface area contributed by atoms with E-state index in [1.54, 1.807) is 30.5 Å². The molecular formula is C26H24BrFIN7O3. The summed E-state index contributed by atoms with van der Waals surface area (Å²) in [5, 5.41) is 7.70. The Balaban J connectivity index is 1.42. The number of aryl methyl sites for hydroxylation is 2. The van der Waals surface area contributed by atoms with Crippen molar-refractivity contribution in [3.05, 3.63) is 64.4 Å².